The zero-order chi connectivity index (χ0) is 37.6. The number of likely N-dealkylation sites (tertiary alicyclic amines) is 1. The van der Waals surface area contributed by atoms with Gasteiger partial charge in [0.2, 0.25) is 5.91 Å². The van der Waals surface area contributed by atoms with Crippen molar-refractivity contribution in [3.63, 3.8) is 0 Å². The van der Waals surface area contributed by atoms with E-state index in [9.17, 15) is 14.4 Å². The van der Waals surface area contributed by atoms with Gasteiger partial charge in [0, 0.05) is 63.2 Å². The number of amides is 4. The summed E-state index contributed by atoms with van der Waals surface area (Å²) in [4.78, 5) is 43.8. The van der Waals surface area contributed by atoms with Crippen LogP contribution in [0.25, 0.3) is 10.9 Å². The van der Waals surface area contributed by atoms with Gasteiger partial charge in [0.25, 0.3) is 5.91 Å². The first-order chi connectivity index (χ1) is 26.8. The van der Waals surface area contributed by atoms with Crippen LogP contribution in [0.2, 0.25) is 5.02 Å². The molecule has 9 rings (SSSR count). The molecule has 3 atom stereocenters. The Morgan fingerprint density at radius 3 is 2.49 bits per heavy atom. The van der Waals surface area contributed by atoms with E-state index in [0.717, 1.165) is 93.7 Å². The summed E-state index contributed by atoms with van der Waals surface area (Å²) >= 11 is 6.15. The average molecular weight is 763 g/mol. The number of nitrogens with zero attached hydrogens (tertiary/aromatic N) is 8. The molecule has 1 unspecified atom stereocenters. The van der Waals surface area contributed by atoms with Crippen LogP contribution in [0.5, 0.6) is 5.75 Å². The first-order valence-electron chi connectivity index (χ1n) is 19.4. The molecule has 3 aliphatic heterocycles. The number of nitrogens with one attached hydrogen (secondary N) is 2. The first kappa shape index (κ1) is 35.4. The van der Waals surface area contributed by atoms with Crippen LogP contribution in [0, 0.1) is 29.1 Å². The zero-order valence-electron chi connectivity index (χ0n) is 30.4. The maximum atomic E-state index is 13.0. The molecule has 14 nitrogen and oxygen atoms in total. The van der Waals surface area contributed by atoms with Gasteiger partial charge in [-0.3, -0.25) is 24.5 Å². The van der Waals surface area contributed by atoms with Crippen LogP contribution in [-0.2, 0) is 4.79 Å². The van der Waals surface area contributed by atoms with Crippen molar-refractivity contribution in [1.82, 2.24) is 35.5 Å². The molecule has 5 aliphatic rings. The Morgan fingerprint density at radius 1 is 0.982 bits per heavy atom. The number of carbonyl (C=O) groups is 3. The Hall–Kier alpha value is -5.26. The second kappa shape index (κ2) is 14.8. The van der Waals surface area contributed by atoms with Crippen LogP contribution in [-0.4, -0.2) is 94.1 Å². The van der Waals surface area contributed by atoms with E-state index >= 15 is 0 Å². The number of nitriles is 1. The number of hydrogen-bond donors (Lipinski definition) is 2. The van der Waals surface area contributed by atoms with Crippen molar-refractivity contribution in [1.29, 1.82) is 5.26 Å². The van der Waals surface area contributed by atoms with Crippen molar-refractivity contribution < 1.29 is 19.1 Å². The predicted molar refractivity (Wildman–Crippen MR) is 205 cm³/mol. The highest BCUT2D eigenvalue weighted by Crippen LogP contribution is 2.53. The topological polar surface area (TPSA) is 162 Å². The number of aromatic nitrogens is 4. The minimum atomic E-state index is -0.379. The molecule has 0 bridgehead atoms. The summed E-state index contributed by atoms with van der Waals surface area (Å²) in [6.45, 7) is 5.48. The molecule has 2 aromatic heterocycles. The fourth-order valence-electron chi connectivity index (χ4n) is 9.18. The summed E-state index contributed by atoms with van der Waals surface area (Å²) in [5.74, 6) is 3.05. The number of ether oxygens (including phenoxy) is 1. The molecule has 4 aromatic rings. The molecule has 5 heterocycles. The van der Waals surface area contributed by atoms with Gasteiger partial charge in [-0.15, -0.1) is 10.2 Å². The third-order valence-corrected chi connectivity index (χ3v) is 12.6. The van der Waals surface area contributed by atoms with E-state index in [1.807, 2.05) is 24.4 Å². The number of rotatable bonds is 9. The lowest BCUT2D eigenvalue weighted by molar-refractivity contribution is -0.120. The highest BCUT2D eigenvalue weighted by atomic mass is 35.5. The highest BCUT2D eigenvalue weighted by Gasteiger charge is 2.56. The molecule has 4 amide bonds. The molecular formula is C40H43ClN10O4. The first-order valence-corrected chi connectivity index (χ1v) is 19.7. The Morgan fingerprint density at radius 2 is 1.78 bits per heavy atom. The van der Waals surface area contributed by atoms with Gasteiger partial charge in [0.05, 0.1) is 40.1 Å². The van der Waals surface area contributed by atoms with Crippen molar-refractivity contribution in [3.8, 4) is 11.8 Å². The van der Waals surface area contributed by atoms with E-state index in [1.165, 1.54) is 0 Å². The number of carbonyl (C=O) groups excluding carboxylic acids is 3. The maximum Gasteiger partial charge on any atom is 0.328 e. The number of halogens is 1. The van der Waals surface area contributed by atoms with E-state index in [2.05, 4.69) is 47.4 Å². The van der Waals surface area contributed by atoms with E-state index in [-0.39, 0.29) is 36.4 Å². The van der Waals surface area contributed by atoms with Crippen LogP contribution >= 0.6 is 11.6 Å². The average Bonchev–Trinajstić information content (AvgIpc) is 3.49. The van der Waals surface area contributed by atoms with Gasteiger partial charge in [-0.1, -0.05) is 17.7 Å². The molecule has 2 saturated carbocycles. The monoisotopic (exact) mass is 762 g/mol. The summed E-state index contributed by atoms with van der Waals surface area (Å²) in [6.07, 6.45) is 7.44. The van der Waals surface area contributed by atoms with Crippen molar-refractivity contribution in [3.05, 3.63) is 71.0 Å². The normalized spacial score (nSPS) is 25.7. The van der Waals surface area contributed by atoms with Gasteiger partial charge in [-0.25, -0.2) is 4.79 Å². The predicted octanol–water partition coefficient (Wildman–Crippen LogP) is 4.94. The molecule has 2 aliphatic carbocycles. The number of urea groups is 1. The molecule has 3 saturated heterocycles. The maximum absolute atomic E-state index is 13.0. The Kier molecular flexibility index (Phi) is 9.51. The van der Waals surface area contributed by atoms with Crippen LogP contribution in [0.3, 0.4) is 0 Å². The number of fused-ring (bicyclic) bond motifs is 2. The molecular weight excluding hydrogens is 720 g/mol. The summed E-state index contributed by atoms with van der Waals surface area (Å²) < 4.78 is 8.21. The molecule has 284 valence electrons. The number of imide groups is 1. The van der Waals surface area contributed by atoms with Gasteiger partial charge in [0.15, 0.2) is 11.5 Å². The molecule has 55 heavy (non-hydrogen) atoms. The van der Waals surface area contributed by atoms with Gasteiger partial charge < -0.3 is 19.9 Å². The summed E-state index contributed by atoms with van der Waals surface area (Å²) in [5.41, 5.74) is 2.56. The van der Waals surface area contributed by atoms with Crippen molar-refractivity contribution in [2.45, 2.75) is 63.1 Å². The lowest BCUT2D eigenvalue weighted by Gasteiger charge is -2.33. The van der Waals surface area contributed by atoms with Crippen LogP contribution < -0.4 is 25.2 Å². The van der Waals surface area contributed by atoms with E-state index in [1.54, 1.807) is 29.2 Å². The number of piperidine rings is 2. The zero-order valence-corrected chi connectivity index (χ0v) is 31.2. The molecule has 0 radical (unpaired) electrons. The van der Waals surface area contributed by atoms with Crippen molar-refractivity contribution in [2.24, 2.45) is 17.8 Å². The van der Waals surface area contributed by atoms with Gasteiger partial charge in [0.1, 0.15) is 11.8 Å². The van der Waals surface area contributed by atoms with Crippen LogP contribution in [0.1, 0.15) is 67.0 Å². The smallest absolute Gasteiger partial charge is 0.328 e. The molecule has 2 aromatic carbocycles. The van der Waals surface area contributed by atoms with E-state index < -0.39 is 0 Å². The van der Waals surface area contributed by atoms with Gasteiger partial charge in [-0.05, 0) is 92.7 Å². The minimum absolute atomic E-state index is 0.0348. The standard InChI is InChI=1S/C40H43ClN10O4/c41-33-18-28(7-4-24(33)19-42)55-27-8-5-25(6-9-27)44-39(53)34-10-11-37(47-46-34)49-22-31-30(32(31)23-49)21-48-15-12-26(13-16-48)51-36-3-1-2-35(29(36)20-43-51)50-17-14-38(52)45-40(50)54/h1-4,7,10-11,18,20,25-27,30-32H,5-6,8-9,12-17,21-23H2,(H,44,53)(H,45,52,54)/t25?,27?,30?,31-,32+. The lowest BCUT2D eigenvalue weighted by Crippen LogP contribution is -2.49. The van der Waals surface area contributed by atoms with E-state index in [0.29, 0.717) is 52.4 Å². The third-order valence-electron chi connectivity index (χ3n) is 12.3. The summed E-state index contributed by atoms with van der Waals surface area (Å²) in [6, 6.07) is 16.8. The molecule has 15 heteroatoms. The number of hydrogen-bond acceptors (Lipinski definition) is 10. The molecule has 5 fully saturated rings. The quantitative estimate of drug-likeness (QED) is 0.239. The lowest BCUT2D eigenvalue weighted by atomic mass is 9.93. The molecule has 0 spiro atoms. The molecule has 2 N–H and O–H groups in total. The van der Waals surface area contributed by atoms with Crippen LogP contribution in [0.15, 0.2) is 54.7 Å². The number of benzene rings is 2. The van der Waals surface area contributed by atoms with Crippen molar-refractivity contribution in [2.75, 3.05) is 49.1 Å². The third kappa shape index (κ3) is 7.18. The Balaban J connectivity index is 0.710. The largest absolute Gasteiger partial charge is 0.490 e. The Labute approximate surface area is 323 Å². The second-order valence-corrected chi connectivity index (χ2v) is 16.0. The van der Waals surface area contributed by atoms with Crippen molar-refractivity contribution >= 4 is 51.9 Å². The fourth-order valence-corrected chi connectivity index (χ4v) is 9.39. The summed E-state index contributed by atoms with van der Waals surface area (Å²) in [7, 11) is 0. The Bertz CT molecular complexity index is 2140. The van der Waals surface area contributed by atoms with Crippen LogP contribution in [0.4, 0.5) is 16.3 Å². The second-order valence-electron chi connectivity index (χ2n) is 15.6. The highest BCUT2D eigenvalue weighted by molar-refractivity contribution is 6.31. The van der Waals surface area contributed by atoms with Gasteiger partial charge in [-0.2, -0.15) is 10.4 Å². The fraction of sp³-hybridized carbons (Fsp3) is 0.475. The SMILES string of the molecule is N#Cc1ccc(OC2CCC(NC(=O)c3ccc(N4C[C@@H]5C(CN6CCC(n7ncc8c(N9CCC(=O)NC9=O)cccc87)CC6)[C@@H]5C4)nn3)CC2)cc1Cl. The summed E-state index contributed by atoms with van der Waals surface area (Å²) in [5, 5.41) is 29.5. The van der Waals surface area contributed by atoms with Gasteiger partial charge >= 0.3 is 6.03 Å². The minimum Gasteiger partial charge on any atom is -0.490 e. The number of anilines is 2. The van der Waals surface area contributed by atoms with E-state index in [4.69, 9.17) is 26.7 Å².